The van der Waals surface area contributed by atoms with Gasteiger partial charge in [0.25, 0.3) is 0 Å². The summed E-state index contributed by atoms with van der Waals surface area (Å²) < 4.78 is 11.1. The highest BCUT2D eigenvalue weighted by Crippen LogP contribution is 2.57. The monoisotopic (exact) mass is 400 g/mol. The third-order valence-corrected chi connectivity index (χ3v) is 6.92. The molecule has 6 unspecified atom stereocenters. The Kier molecular flexibility index (Phi) is 5.78. The zero-order chi connectivity index (χ0) is 21.4. The molecule has 0 aromatic rings. The highest BCUT2D eigenvalue weighted by Gasteiger charge is 2.63. The summed E-state index contributed by atoms with van der Waals surface area (Å²) in [7, 11) is 0. The lowest BCUT2D eigenvalue weighted by atomic mass is 9.56. The molecule has 5 nitrogen and oxygen atoms in total. The molecule has 6 atom stereocenters. The van der Waals surface area contributed by atoms with Crippen molar-refractivity contribution in [3.05, 3.63) is 60.3 Å². The summed E-state index contributed by atoms with van der Waals surface area (Å²) in [6, 6.07) is 0. The molecule has 1 aliphatic heterocycles. The van der Waals surface area contributed by atoms with Gasteiger partial charge in [0.15, 0.2) is 0 Å². The van der Waals surface area contributed by atoms with Gasteiger partial charge in [-0.15, -0.1) is 0 Å². The molecule has 2 N–H and O–H groups in total. The van der Waals surface area contributed by atoms with E-state index >= 15 is 0 Å². The predicted octanol–water partition coefficient (Wildman–Crippen LogP) is 3.61. The minimum Gasteiger partial charge on any atom is -0.455 e. The number of carbonyl (C=O) groups is 1. The van der Waals surface area contributed by atoms with E-state index in [0.717, 1.165) is 12.0 Å². The van der Waals surface area contributed by atoms with Crippen molar-refractivity contribution < 1.29 is 24.5 Å². The van der Waals surface area contributed by atoms with Crippen molar-refractivity contribution in [2.24, 2.45) is 17.3 Å². The summed E-state index contributed by atoms with van der Waals surface area (Å²) in [5.41, 5.74) is -0.730. The second kappa shape index (κ2) is 7.71. The van der Waals surface area contributed by atoms with Crippen LogP contribution in [0.4, 0.5) is 0 Å². The number of allylic oxidation sites excluding steroid dienone is 5. The molecule has 0 amide bonds. The number of carbonyl (C=O) groups excluding carboxylic acids is 1. The number of hydrogen-bond donors (Lipinski definition) is 2. The largest absolute Gasteiger partial charge is 0.455 e. The average molecular weight is 401 g/mol. The maximum Gasteiger partial charge on any atom is 0.331 e. The quantitative estimate of drug-likeness (QED) is 0.319. The Bertz CT molecular complexity index is 806. The Hall–Kier alpha value is -1.95. The lowest BCUT2D eigenvalue weighted by Gasteiger charge is -2.52. The van der Waals surface area contributed by atoms with E-state index in [1.165, 1.54) is 6.08 Å². The number of fused-ring (bicyclic) bond motifs is 2. The van der Waals surface area contributed by atoms with Crippen LogP contribution in [0.1, 0.15) is 40.5 Å². The van der Waals surface area contributed by atoms with E-state index in [1.807, 2.05) is 38.2 Å². The smallest absolute Gasteiger partial charge is 0.331 e. The van der Waals surface area contributed by atoms with Crippen LogP contribution in [-0.2, 0) is 14.3 Å². The molecule has 3 aliphatic rings. The first-order valence-electron chi connectivity index (χ1n) is 10.3. The Morgan fingerprint density at radius 1 is 1.45 bits per heavy atom. The Labute approximate surface area is 173 Å². The lowest BCUT2D eigenvalue weighted by Crippen LogP contribution is -2.59. The molecule has 0 aromatic carbocycles. The van der Waals surface area contributed by atoms with Crippen LogP contribution < -0.4 is 0 Å². The van der Waals surface area contributed by atoms with Gasteiger partial charge in [-0.25, -0.2) is 4.79 Å². The average Bonchev–Trinajstić information content (AvgIpc) is 2.90. The molecule has 3 rings (SSSR count). The summed E-state index contributed by atoms with van der Waals surface area (Å²) in [6.45, 7) is 12.2. The van der Waals surface area contributed by atoms with E-state index in [0.29, 0.717) is 11.5 Å². The molecule has 5 heteroatoms. The number of ether oxygens (including phenoxy) is 2. The van der Waals surface area contributed by atoms with Crippen LogP contribution in [-0.4, -0.2) is 40.3 Å². The van der Waals surface area contributed by atoms with Crippen molar-refractivity contribution in [1.29, 1.82) is 0 Å². The molecule has 2 aliphatic carbocycles. The molecule has 1 saturated heterocycles. The predicted molar refractivity (Wildman–Crippen MR) is 112 cm³/mol. The molecule has 0 radical (unpaired) electrons. The van der Waals surface area contributed by atoms with E-state index in [4.69, 9.17) is 9.47 Å². The van der Waals surface area contributed by atoms with Crippen molar-refractivity contribution in [1.82, 2.24) is 0 Å². The van der Waals surface area contributed by atoms with E-state index in [-0.39, 0.29) is 18.9 Å². The fraction of sp³-hybridized carbons (Fsp3) is 0.542. The molecular weight excluding hydrogens is 368 g/mol. The zero-order valence-corrected chi connectivity index (χ0v) is 17.7. The molecule has 158 valence electrons. The summed E-state index contributed by atoms with van der Waals surface area (Å²) >= 11 is 0. The Morgan fingerprint density at radius 3 is 2.86 bits per heavy atom. The maximum atomic E-state index is 12.3. The first kappa shape index (κ1) is 21.8. The van der Waals surface area contributed by atoms with Gasteiger partial charge in [0.2, 0.25) is 5.79 Å². The topological polar surface area (TPSA) is 76.0 Å². The van der Waals surface area contributed by atoms with Crippen LogP contribution >= 0.6 is 0 Å². The molecule has 1 fully saturated rings. The number of rotatable bonds is 5. The van der Waals surface area contributed by atoms with E-state index in [2.05, 4.69) is 20.4 Å². The minimum absolute atomic E-state index is 0.103. The third-order valence-electron chi connectivity index (χ3n) is 6.92. The molecule has 0 bridgehead atoms. The second-order valence-electron chi connectivity index (χ2n) is 8.82. The van der Waals surface area contributed by atoms with E-state index in [1.54, 1.807) is 12.2 Å². The van der Waals surface area contributed by atoms with Crippen LogP contribution in [0.15, 0.2) is 60.3 Å². The van der Waals surface area contributed by atoms with Crippen molar-refractivity contribution in [3.8, 4) is 0 Å². The van der Waals surface area contributed by atoms with Gasteiger partial charge in [-0.3, -0.25) is 0 Å². The highest BCUT2D eigenvalue weighted by molar-refractivity contribution is 5.82. The number of esters is 1. The van der Waals surface area contributed by atoms with Crippen LogP contribution in [0.25, 0.3) is 0 Å². The molecule has 0 spiro atoms. The van der Waals surface area contributed by atoms with Crippen molar-refractivity contribution in [2.75, 3.05) is 6.61 Å². The molecule has 1 heterocycles. The number of hydrogen-bond acceptors (Lipinski definition) is 5. The van der Waals surface area contributed by atoms with Gasteiger partial charge in [0.05, 0.1) is 6.61 Å². The van der Waals surface area contributed by atoms with Gasteiger partial charge in [-0.05, 0) is 35.6 Å². The molecule has 0 saturated carbocycles. The van der Waals surface area contributed by atoms with Gasteiger partial charge in [-0.2, -0.15) is 0 Å². The molecule has 29 heavy (non-hydrogen) atoms. The van der Waals surface area contributed by atoms with Crippen LogP contribution in [0.2, 0.25) is 0 Å². The fourth-order valence-corrected chi connectivity index (χ4v) is 4.34. The minimum atomic E-state index is -1.77. The highest BCUT2D eigenvalue weighted by atomic mass is 16.6. The molecule has 0 aromatic heterocycles. The van der Waals surface area contributed by atoms with Crippen molar-refractivity contribution >= 4 is 5.97 Å². The van der Waals surface area contributed by atoms with Crippen molar-refractivity contribution in [3.63, 3.8) is 0 Å². The van der Waals surface area contributed by atoms with E-state index in [9.17, 15) is 15.0 Å². The first-order valence-corrected chi connectivity index (χ1v) is 10.3. The SMILES string of the molecule is C=C1COC2(O)C=C3C=CC(OC(=O)C=CC=CC(C)CC)C(C)C3(C)CC12O. The summed E-state index contributed by atoms with van der Waals surface area (Å²) in [4.78, 5) is 12.3. The standard InChI is InChI=1S/C24H32O5/c1-6-16(2)9-7-8-10-21(25)29-20-12-11-19-13-24(27)23(26,17(3)14-28-24)15-22(19,5)18(20)4/h7-13,16,18,20,26-27H,3,6,14-15H2,1-2,4-5H3. The van der Waals surface area contributed by atoms with Gasteiger partial charge < -0.3 is 19.7 Å². The van der Waals surface area contributed by atoms with Crippen molar-refractivity contribution in [2.45, 2.75) is 58.0 Å². The maximum absolute atomic E-state index is 12.3. The van der Waals surface area contributed by atoms with E-state index < -0.39 is 28.9 Å². The zero-order valence-electron chi connectivity index (χ0n) is 17.7. The van der Waals surface area contributed by atoms with Gasteiger partial charge in [0.1, 0.15) is 11.7 Å². The van der Waals surface area contributed by atoms with Crippen LogP contribution in [0, 0.1) is 17.3 Å². The summed E-state index contributed by atoms with van der Waals surface area (Å²) in [6.07, 6.45) is 13.2. The molecular formula is C24H32O5. The second-order valence-corrected chi connectivity index (χ2v) is 8.82. The van der Waals surface area contributed by atoms with Gasteiger partial charge in [0, 0.05) is 17.4 Å². The van der Waals surface area contributed by atoms with Crippen LogP contribution in [0.5, 0.6) is 0 Å². The normalized spacial score (nSPS) is 40.1. The first-order chi connectivity index (χ1) is 13.6. The Morgan fingerprint density at radius 2 is 2.17 bits per heavy atom. The summed E-state index contributed by atoms with van der Waals surface area (Å²) in [5, 5.41) is 22.0. The van der Waals surface area contributed by atoms with Gasteiger partial charge in [-0.1, -0.05) is 65.0 Å². The van der Waals surface area contributed by atoms with Gasteiger partial charge >= 0.3 is 5.97 Å². The Balaban J connectivity index is 1.77. The fourth-order valence-electron chi connectivity index (χ4n) is 4.34. The van der Waals surface area contributed by atoms with Crippen LogP contribution in [0.3, 0.4) is 0 Å². The third kappa shape index (κ3) is 3.67. The number of aliphatic hydroxyl groups is 2. The lowest BCUT2D eigenvalue weighted by molar-refractivity contribution is -0.234. The summed E-state index contributed by atoms with van der Waals surface area (Å²) in [5.74, 6) is -1.81.